The standard InChI is InChI=1S/C16H13BrO/c1-13-4-6-14(7-5-13)3-2-12-18-16-10-8-15(17)9-11-16/h4-11H,12H2,1H3. The zero-order valence-corrected chi connectivity index (χ0v) is 11.7. The zero-order valence-electron chi connectivity index (χ0n) is 10.1. The van der Waals surface area contributed by atoms with Crippen LogP contribution in [0.5, 0.6) is 5.75 Å². The molecular weight excluding hydrogens is 288 g/mol. The maximum atomic E-state index is 5.51. The highest BCUT2D eigenvalue weighted by Crippen LogP contribution is 2.15. The topological polar surface area (TPSA) is 9.23 Å². The molecule has 0 aliphatic rings. The minimum atomic E-state index is 0.398. The van der Waals surface area contributed by atoms with E-state index >= 15 is 0 Å². The van der Waals surface area contributed by atoms with Crippen LogP contribution >= 0.6 is 15.9 Å². The fraction of sp³-hybridized carbons (Fsp3) is 0.125. The Morgan fingerprint density at radius 3 is 2.33 bits per heavy atom. The lowest BCUT2D eigenvalue weighted by molar-refractivity contribution is 0.370. The second kappa shape index (κ2) is 6.28. The molecule has 0 fully saturated rings. The molecule has 2 rings (SSSR count). The van der Waals surface area contributed by atoms with Gasteiger partial charge in [0.1, 0.15) is 12.4 Å². The van der Waals surface area contributed by atoms with E-state index in [-0.39, 0.29) is 0 Å². The molecule has 90 valence electrons. The van der Waals surface area contributed by atoms with Gasteiger partial charge >= 0.3 is 0 Å². The molecule has 1 nitrogen and oxygen atoms in total. The molecule has 0 amide bonds. The van der Waals surface area contributed by atoms with E-state index in [2.05, 4.69) is 46.8 Å². The van der Waals surface area contributed by atoms with E-state index in [1.807, 2.05) is 36.4 Å². The summed E-state index contributed by atoms with van der Waals surface area (Å²) in [7, 11) is 0. The predicted molar refractivity (Wildman–Crippen MR) is 77.7 cm³/mol. The van der Waals surface area contributed by atoms with Crippen LogP contribution in [-0.4, -0.2) is 6.61 Å². The summed E-state index contributed by atoms with van der Waals surface area (Å²) in [5, 5.41) is 0. The minimum absolute atomic E-state index is 0.398. The molecule has 2 heteroatoms. The molecule has 0 atom stereocenters. The summed E-state index contributed by atoms with van der Waals surface area (Å²) in [4.78, 5) is 0. The van der Waals surface area contributed by atoms with Gasteiger partial charge in [-0.1, -0.05) is 45.5 Å². The third kappa shape index (κ3) is 3.94. The Kier molecular flexibility index (Phi) is 4.44. The lowest BCUT2D eigenvalue weighted by Gasteiger charge is -2.00. The van der Waals surface area contributed by atoms with Crippen LogP contribution in [0.4, 0.5) is 0 Å². The van der Waals surface area contributed by atoms with Crippen molar-refractivity contribution in [2.45, 2.75) is 6.92 Å². The molecule has 0 saturated carbocycles. The van der Waals surface area contributed by atoms with Crippen LogP contribution in [0.15, 0.2) is 53.0 Å². The summed E-state index contributed by atoms with van der Waals surface area (Å²) in [6, 6.07) is 15.9. The van der Waals surface area contributed by atoms with Gasteiger partial charge in [-0.2, -0.15) is 0 Å². The molecule has 0 heterocycles. The molecule has 18 heavy (non-hydrogen) atoms. The van der Waals surface area contributed by atoms with Crippen molar-refractivity contribution in [1.29, 1.82) is 0 Å². The SMILES string of the molecule is Cc1ccc(C#CCOc2ccc(Br)cc2)cc1. The highest BCUT2D eigenvalue weighted by Gasteiger charge is 1.91. The predicted octanol–water partition coefficient (Wildman–Crippen LogP) is 4.19. The number of benzene rings is 2. The quantitative estimate of drug-likeness (QED) is 0.756. The summed E-state index contributed by atoms with van der Waals surface area (Å²) >= 11 is 3.38. The van der Waals surface area contributed by atoms with Crippen LogP contribution in [-0.2, 0) is 0 Å². The van der Waals surface area contributed by atoms with E-state index in [9.17, 15) is 0 Å². The molecule has 0 unspecified atom stereocenters. The van der Waals surface area contributed by atoms with Crippen molar-refractivity contribution in [3.63, 3.8) is 0 Å². The molecule has 0 bridgehead atoms. The van der Waals surface area contributed by atoms with E-state index in [0.29, 0.717) is 6.61 Å². The van der Waals surface area contributed by atoms with E-state index in [1.165, 1.54) is 5.56 Å². The summed E-state index contributed by atoms with van der Waals surface area (Å²) in [5.41, 5.74) is 2.26. The number of ether oxygens (including phenoxy) is 1. The highest BCUT2D eigenvalue weighted by molar-refractivity contribution is 9.10. The average Bonchev–Trinajstić information content (AvgIpc) is 2.39. The van der Waals surface area contributed by atoms with Crippen LogP contribution < -0.4 is 4.74 Å². The van der Waals surface area contributed by atoms with Crippen molar-refractivity contribution in [3.8, 4) is 17.6 Å². The van der Waals surface area contributed by atoms with Gasteiger partial charge in [0.25, 0.3) is 0 Å². The first kappa shape index (κ1) is 12.7. The van der Waals surface area contributed by atoms with Gasteiger partial charge in [-0.3, -0.25) is 0 Å². The second-order valence-corrected chi connectivity index (χ2v) is 4.83. The van der Waals surface area contributed by atoms with Gasteiger partial charge in [-0.15, -0.1) is 0 Å². The normalized spacial score (nSPS) is 9.44. The molecule has 0 aromatic heterocycles. The summed E-state index contributed by atoms with van der Waals surface area (Å²) in [6.07, 6.45) is 0. The Hall–Kier alpha value is -1.72. The number of hydrogen-bond donors (Lipinski definition) is 0. The Balaban J connectivity index is 1.89. The number of hydrogen-bond acceptors (Lipinski definition) is 1. The molecule has 0 aliphatic heterocycles. The Morgan fingerprint density at radius 2 is 1.67 bits per heavy atom. The van der Waals surface area contributed by atoms with Crippen LogP contribution in [0.25, 0.3) is 0 Å². The van der Waals surface area contributed by atoms with Gasteiger partial charge < -0.3 is 4.74 Å². The first-order chi connectivity index (χ1) is 8.74. The smallest absolute Gasteiger partial charge is 0.149 e. The Labute approximate surface area is 116 Å². The fourth-order valence-electron chi connectivity index (χ4n) is 1.43. The van der Waals surface area contributed by atoms with Crippen LogP contribution in [0, 0.1) is 18.8 Å². The molecule has 0 saturated heterocycles. The molecule has 0 spiro atoms. The van der Waals surface area contributed by atoms with Gasteiger partial charge in [0.15, 0.2) is 0 Å². The van der Waals surface area contributed by atoms with Crippen molar-refractivity contribution in [2.75, 3.05) is 6.61 Å². The molecule has 0 aliphatic carbocycles. The van der Waals surface area contributed by atoms with Crippen LogP contribution in [0.2, 0.25) is 0 Å². The number of aryl methyl sites for hydroxylation is 1. The van der Waals surface area contributed by atoms with E-state index in [1.54, 1.807) is 0 Å². The molecule has 2 aromatic carbocycles. The third-order valence-electron chi connectivity index (χ3n) is 2.41. The first-order valence-electron chi connectivity index (χ1n) is 5.68. The van der Waals surface area contributed by atoms with Crippen molar-refractivity contribution in [2.24, 2.45) is 0 Å². The lowest BCUT2D eigenvalue weighted by Crippen LogP contribution is -1.93. The monoisotopic (exact) mass is 300 g/mol. The van der Waals surface area contributed by atoms with E-state index in [0.717, 1.165) is 15.8 Å². The molecular formula is C16H13BrO. The number of halogens is 1. The summed E-state index contributed by atoms with van der Waals surface area (Å²) in [6.45, 7) is 2.46. The van der Waals surface area contributed by atoms with Crippen molar-refractivity contribution < 1.29 is 4.74 Å². The fourth-order valence-corrected chi connectivity index (χ4v) is 1.69. The van der Waals surface area contributed by atoms with Gasteiger partial charge in [0.05, 0.1) is 0 Å². The maximum absolute atomic E-state index is 5.51. The van der Waals surface area contributed by atoms with Gasteiger partial charge in [0.2, 0.25) is 0 Å². The lowest BCUT2D eigenvalue weighted by atomic mass is 10.2. The van der Waals surface area contributed by atoms with Crippen molar-refractivity contribution >= 4 is 15.9 Å². The Morgan fingerprint density at radius 1 is 1.00 bits per heavy atom. The number of rotatable bonds is 2. The highest BCUT2D eigenvalue weighted by atomic mass is 79.9. The van der Waals surface area contributed by atoms with Crippen LogP contribution in [0.3, 0.4) is 0 Å². The molecule has 0 radical (unpaired) electrons. The van der Waals surface area contributed by atoms with Gasteiger partial charge in [-0.25, -0.2) is 0 Å². The van der Waals surface area contributed by atoms with Crippen LogP contribution in [0.1, 0.15) is 11.1 Å². The zero-order chi connectivity index (χ0) is 12.8. The third-order valence-corrected chi connectivity index (χ3v) is 2.94. The van der Waals surface area contributed by atoms with E-state index in [4.69, 9.17) is 4.74 Å². The second-order valence-electron chi connectivity index (χ2n) is 3.91. The minimum Gasteiger partial charge on any atom is -0.481 e. The summed E-state index contributed by atoms with van der Waals surface area (Å²) in [5.74, 6) is 6.90. The van der Waals surface area contributed by atoms with E-state index < -0.39 is 0 Å². The molecule has 0 N–H and O–H groups in total. The maximum Gasteiger partial charge on any atom is 0.149 e. The average molecular weight is 301 g/mol. The largest absolute Gasteiger partial charge is 0.481 e. The van der Waals surface area contributed by atoms with Crippen molar-refractivity contribution in [3.05, 3.63) is 64.1 Å². The molecule has 2 aromatic rings. The summed E-state index contributed by atoms with van der Waals surface area (Å²) < 4.78 is 6.55. The Bertz CT molecular complexity index is 559. The van der Waals surface area contributed by atoms with Crippen molar-refractivity contribution in [1.82, 2.24) is 0 Å². The van der Waals surface area contributed by atoms with Gasteiger partial charge in [0, 0.05) is 10.0 Å². The van der Waals surface area contributed by atoms with Gasteiger partial charge in [-0.05, 0) is 43.3 Å². The first-order valence-corrected chi connectivity index (χ1v) is 6.47.